The molecule has 2 unspecified atom stereocenters. The average Bonchev–Trinajstić information content (AvgIpc) is 3.26. The predicted molar refractivity (Wildman–Crippen MR) is 146 cm³/mol. The lowest BCUT2D eigenvalue weighted by Crippen LogP contribution is -2.40. The first-order valence-corrected chi connectivity index (χ1v) is 14.1. The van der Waals surface area contributed by atoms with Crippen LogP contribution in [0.4, 0.5) is 0 Å². The summed E-state index contributed by atoms with van der Waals surface area (Å²) in [7, 11) is 0. The minimum atomic E-state index is -0.216. The SMILES string of the molecule is O=C(Cc1ccc(CCN2CCOCC2)cc1)NCc1ccc2c(c1)CC(CCC1CCC(=O)NC1=O)C2=O. The van der Waals surface area contributed by atoms with Crippen LogP contribution in [0.15, 0.2) is 42.5 Å². The van der Waals surface area contributed by atoms with E-state index in [2.05, 4.69) is 27.7 Å². The summed E-state index contributed by atoms with van der Waals surface area (Å²) in [5, 5.41) is 5.40. The maximum Gasteiger partial charge on any atom is 0.229 e. The van der Waals surface area contributed by atoms with Gasteiger partial charge in [-0.15, -0.1) is 0 Å². The van der Waals surface area contributed by atoms with Crippen LogP contribution in [0.2, 0.25) is 0 Å². The number of piperidine rings is 1. The third-order valence-electron chi connectivity index (χ3n) is 8.19. The number of fused-ring (bicyclic) bond motifs is 1. The molecule has 0 aromatic heterocycles. The first-order chi connectivity index (χ1) is 18.9. The molecule has 5 rings (SSSR count). The van der Waals surface area contributed by atoms with Crippen molar-refractivity contribution in [2.75, 3.05) is 32.8 Å². The summed E-state index contributed by atoms with van der Waals surface area (Å²) in [6.45, 7) is 5.04. The molecule has 2 N–H and O–H groups in total. The molecule has 3 aliphatic rings. The van der Waals surface area contributed by atoms with Crippen molar-refractivity contribution in [1.29, 1.82) is 0 Å². The molecule has 2 saturated heterocycles. The van der Waals surface area contributed by atoms with Crippen molar-refractivity contribution in [1.82, 2.24) is 15.5 Å². The minimum absolute atomic E-state index is 0.0326. The summed E-state index contributed by atoms with van der Waals surface area (Å²) in [4.78, 5) is 51.3. The van der Waals surface area contributed by atoms with E-state index in [-0.39, 0.29) is 35.3 Å². The van der Waals surface area contributed by atoms with Crippen molar-refractivity contribution >= 4 is 23.5 Å². The highest BCUT2D eigenvalue weighted by Crippen LogP contribution is 2.32. The van der Waals surface area contributed by atoms with Crippen molar-refractivity contribution in [3.63, 3.8) is 0 Å². The summed E-state index contributed by atoms with van der Waals surface area (Å²) >= 11 is 0. The number of carbonyl (C=O) groups is 4. The number of hydrogen-bond acceptors (Lipinski definition) is 6. The Labute approximate surface area is 229 Å². The molecule has 8 nitrogen and oxygen atoms in total. The number of imide groups is 1. The molecule has 8 heteroatoms. The molecule has 3 amide bonds. The number of rotatable bonds is 10. The van der Waals surface area contributed by atoms with Gasteiger partial charge in [0, 0.05) is 50.0 Å². The largest absolute Gasteiger partial charge is 0.379 e. The Kier molecular flexibility index (Phi) is 8.84. The number of ether oxygens (including phenoxy) is 1. The molecule has 0 spiro atoms. The third kappa shape index (κ3) is 7.19. The summed E-state index contributed by atoms with van der Waals surface area (Å²) in [6.07, 6.45) is 4.15. The van der Waals surface area contributed by atoms with Crippen LogP contribution in [0.25, 0.3) is 0 Å². The summed E-state index contributed by atoms with van der Waals surface area (Å²) in [6, 6.07) is 14.1. The van der Waals surface area contributed by atoms with Crippen LogP contribution in [-0.4, -0.2) is 61.3 Å². The van der Waals surface area contributed by atoms with Crippen LogP contribution >= 0.6 is 0 Å². The highest BCUT2D eigenvalue weighted by molar-refractivity contribution is 6.02. The quantitative estimate of drug-likeness (QED) is 0.457. The summed E-state index contributed by atoms with van der Waals surface area (Å²) in [5.41, 5.74) is 4.98. The molecule has 2 aromatic carbocycles. The highest BCUT2D eigenvalue weighted by atomic mass is 16.5. The number of benzene rings is 2. The van der Waals surface area contributed by atoms with Crippen LogP contribution in [-0.2, 0) is 44.9 Å². The number of hydrogen-bond donors (Lipinski definition) is 2. The number of nitrogens with zero attached hydrogens (tertiary/aromatic N) is 1. The second kappa shape index (κ2) is 12.7. The molecule has 0 bridgehead atoms. The smallest absolute Gasteiger partial charge is 0.229 e. The fourth-order valence-corrected chi connectivity index (χ4v) is 5.78. The summed E-state index contributed by atoms with van der Waals surface area (Å²) < 4.78 is 5.40. The fourth-order valence-electron chi connectivity index (χ4n) is 5.78. The Morgan fingerprint density at radius 3 is 2.44 bits per heavy atom. The Balaban J connectivity index is 1.06. The normalized spacial score (nSPS) is 21.5. The number of ketones is 1. The van der Waals surface area contributed by atoms with Crippen LogP contribution in [0, 0.1) is 11.8 Å². The molecule has 39 heavy (non-hydrogen) atoms. The van der Waals surface area contributed by atoms with Crippen LogP contribution < -0.4 is 10.6 Å². The molecule has 0 radical (unpaired) electrons. The van der Waals surface area contributed by atoms with Gasteiger partial charge >= 0.3 is 0 Å². The Bertz CT molecular complexity index is 1220. The molecule has 1 aliphatic carbocycles. The van der Waals surface area contributed by atoms with Crippen molar-refractivity contribution < 1.29 is 23.9 Å². The second-order valence-electron chi connectivity index (χ2n) is 11.0. The lowest BCUT2D eigenvalue weighted by atomic mass is 9.88. The average molecular weight is 532 g/mol. The molecule has 0 saturated carbocycles. The minimum Gasteiger partial charge on any atom is -0.379 e. The molecular formula is C31H37N3O5. The zero-order chi connectivity index (χ0) is 27.2. The van der Waals surface area contributed by atoms with E-state index in [4.69, 9.17) is 4.74 Å². The summed E-state index contributed by atoms with van der Waals surface area (Å²) in [5.74, 6) is -0.667. The second-order valence-corrected chi connectivity index (χ2v) is 11.0. The van der Waals surface area contributed by atoms with Gasteiger partial charge in [0.15, 0.2) is 5.78 Å². The van der Waals surface area contributed by atoms with Gasteiger partial charge in [0.25, 0.3) is 0 Å². The van der Waals surface area contributed by atoms with Crippen molar-refractivity contribution in [2.24, 2.45) is 11.8 Å². The molecule has 2 aromatic rings. The molecule has 2 fully saturated rings. The fraction of sp³-hybridized carbons (Fsp3) is 0.484. The van der Waals surface area contributed by atoms with E-state index in [1.807, 2.05) is 30.3 Å². The van der Waals surface area contributed by atoms with Gasteiger partial charge in [0.1, 0.15) is 0 Å². The lowest BCUT2D eigenvalue weighted by molar-refractivity contribution is -0.136. The number of Topliss-reactive ketones (excluding diaryl/α,β-unsaturated/α-hetero) is 1. The number of nitrogens with one attached hydrogen (secondary N) is 2. The third-order valence-corrected chi connectivity index (χ3v) is 8.19. The zero-order valence-corrected chi connectivity index (χ0v) is 22.4. The van der Waals surface area contributed by atoms with Gasteiger partial charge in [0.05, 0.1) is 19.6 Å². The van der Waals surface area contributed by atoms with Gasteiger partial charge in [-0.1, -0.05) is 42.5 Å². The van der Waals surface area contributed by atoms with E-state index < -0.39 is 0 Å². The van der Waals surface area contributed by atoms with E-state index in [0.717, 1.165) is 61.5 Å². The monoisotopic (exact) mass is 531 g/mol. The topological polar surface area (TPSA) is 105 Å². The molecule has 206 valence electrons. The molecule has 2 aliphatic heterocycles. The Morgan fingerprint density at radius 2 is 1.67 bits per heavy atom. The van der Waals surface area contributed by atoms with Crippen molar-refractivity contribution in [2.45, 2.75) is 51.5 Å². The van der Waals surface area contributed by atoms with E-state index in [9.17, 15) is 19.2 Å². The molecular weight excluding hydrogens is 494 g/mol. The van der Waals surface area contributed by atoms with E-state index in [0.29, 0.717) is 45.1 Å². The Morgan fingerprint density at radius 1 is 0.949 bits per heavy atom. The van der Waals surface area contributed by atoms with Crippen molar-refractivity contribution in [3.05, 3.63) is 70.3 Å². The van der Waals surface area contributed by atoms with Crippen LogP contribution in [0.1, 0.15) is 58.3 Å². The number of amides is 3. The van der Waals surface area contributed by atoms with Gasteiger partial charge in [-0.25, -0.2) is 0 Å². The van der Waals surface area contributed by atoms with Gasteiger partial charge in [-0.3, -0.25) is 29.4 Å². The molecule has 2 heterocycles. The molecule has 2 atom stereocenters. The van der Waals surface area contributed by atoms with Gasteiger partial charge in [-0.2, -0.15) is 0 Å². The highest BCUT2D eigenvalue weighted by Gasteiger charge is 2.33. The van der Waals surface area contributed by atoms with Crippen LogP contribution in [0.3, 0.4) is 0 Å². The standard InChI is InChI=1S/C31H37N3O5/c35-28-10-8-24(31(38)33-28)6-7-25-19-26-17-23(5-9-27(26)30(25)37)20-32-29(36)18-22-3-1-21(2-4-22)11-12-34-13-15-39-16-14-34/h1-5,9,17,24-25H,6-8,10-16,18-20H2,(H,32,36)(H,33,35,38). The van der Waals surface area contributed by atoms with E-state index in [1.165, 1.54) is 5.56 Å². The lowest BCUT2D eigenvalue weighted by Gasteiger charge is -2.26. The number of morpholine rings is 1. The van der Waals surface area contributed by atoms with Gasteiger partial charge < -0.3 is 10.1 Å². The number of carbonyl (C=O) groups excluding carboxylic acids is 4. The van der Waals surface area contributed by atoms with E-state index >= 15 is 0 Å². The Hall–Kier alpha value is -3.36. The van der Waals surface area contributed by atoms with Gasteiger partial charge in [0.2, 0.25) is 17.7 Å². The maximum atomic E-state index is 12.9. The first-order valence-electron chi connectivity index (χ1n) is 14.1. The van der Waals surface area contributed by atoms with Crippen molar-refractivity contribution in [3.8, 4) is 0 Å². The first kappa shape index (κ1) is 27.2. The maximum absolute atomic E-state index is 12.9. The van der Waals surface area contributed by atoms with E-state index in [1.54, 1.807) is 0 Å². The van der Waals surface area contributed by atoms with Crippen LogP contribution in [0.5, 0.6) is 0 Å². The zero-order valence-electron chi connectivity index (χ0n) is 22.4. The van der Waals surface area contributed by atoms with Gasteiger partial charge in [-0.05, 0) is 54.4 Å². The predicted octanol–water partition coefficient (Wildman–Crippen LogP) is 2.61.